The summed E-state index contributed by atoms with van der Waals surface area (Å²) in [5, 5.41) is -0.424. The summed E-state index contributed by atoms with van der Waals surface area (Å²) in [6.45, 7) is 3.91. The number of likely N-dealkylation sites (tertiary alicyclic amines) is 1. The van der Waals surface area contributed by atoms with Crippen LogP contribution in [0.5, 0.6) is 11.5 Å². The van der Waals surface area contributed by atoms with Crippen LogP contribution in [0.1, 0.15) is 30.9 Å². The van der Waals surface area contributed by atoms with Gasteiger partial charge in [-0.1, -0.05) is 36.4 Å². The lowest BCUT2D eigenvalue weighted by molar-refractivity contribution is -0.135. The van der Waals surface area contributed by atoms with Crippen LogP contribution in [0.3, 0.4) is 0 Å². The molecule has 0 aromatic heterocycles. The van der Waals surface area contributed by atoms with Gasteiger partial charge in [-0.05, 0) is 60.9 Å². The molecule has 2 fully saturated rings. The van der Waals surface area contributed by atoms with Gasteiger partial charge in [-0.25, -0.2) is 0 Å². The summed E-state index contributed by atoms with van der Waals surface area (Å²) in [5.41, 5.74) is 1.75. The van der Waals surface area contributed by atoms with E-state index in [-0.39, 0.29) is 17.4 Å². The van der Waals surface area contributed by atoms with E-state index in [1.165, 1.54) is 0 Å². The van der Waals surface area contributed by atoms with Gasteiger partial charge in [0.1, 0.15) is 13.2 Å². The highest BCUT2D eigenvalue weighted by molar-refractivity contribution is 8.18. The van der Waals surface area contributed by atoms with Crippen molar-refractivity contribution in [3.63, 3.8) is 0 Å². The molecular weight excluding hydrogens is 440 g/mol. The number of imide groups is 1. The molecule has 2 aromatic carbocycles. The fourth-order valence-electron chi connectivity index (χ4n) is 3.73. The molecule has 0 N–H and O–H groups in total. The number of benzene rings is 2. The third-order valence-electron chi connectivity index (χ3n) is 5.43. The minimum absolute atomic E-state index is 0.186. The number of carbonyl (C=O) groups excluding carboxylic acids is 3. The number of carbonyl (C=O) groups is 3. The van der Waals surface area contributed by atoms with Gasteiger partial charge in [0.05, 0.1) is 11.5 Å². The van der Waals surface area contributed by atoms with Gasteiger partial charge < -0.3 is 14.4 Å². The number of hydrogen-bond acceptors (Lipinski definition) is 6. The van der Waals surface area contributed by atoms with E-state index in [0.29, 0.717) is 43.4 Å². The third-order valence-corrected chi connectivity index (χ3v) is 6.34. The largest absolute Gasteiger partial charge is 0.490 e. The first-order valence-electron chi connectivity index (χ1n) is 11.0. The lowest BCUT2D eigenvalue weighted by Crippen LogP contribution is -2.40. The van der Waals surface area contributed by atoms with Gasteiger partial charge in [-0.15, -0.1) is 0 Å². The molecule has 172 valence electrons. The Morgan fingerprint density at radius 1 is 1.03 bits per heavy atom. The second-order valence-corrected chi connectivity index (χ2v) is 8.76. The van der Waals surface area contributed by atoms with Gasteiger partial charge in [-0.3, -0.25) is 19.3 Å². The molecule has 0 spiro atoms. The predicted octanol–water partition coefficient (Wildman–Crippen LogP) is 4.32. The summed E-state index contributed by atoms with van der Waals surface area (Å²) in [5.74, 6) is 0.530. The Morgan fingerprint density at radius 3 is 2.52 bits per heavy atom. The zero-order valence-corrected chi connectivity index (χ0v) is 19.3. The van der Waals surface area contributed by atoms with E-state index in [0.717, 1.165) is 35.1 Å². The van der Waals surface area contributed by atoms with Crippen molar-refractivity contribution >= 4 is 34.9 Å². The van der Waals surface area contributed by atoms with Crippen molar-refractivity contribution in [3.8, 4) is 11.5 Å². The number of ether oxygens (including phenoxy) is 2. The quantitative estimate of drug-likeness (QED) is 0.539. The van der Waals surface area contributed by atoms with Crippen molar-refractivity contribution < 1.29 is 23.9 Å². The van der Waals surface area contributed by atoms with Crippen LogP contribution in [0.25, 0.3) is 6.08 Å². The standard InChI is InChI=1S/C25H26N2O5S/c1-2-31-21-14-19(10-11-20(21)32-17-18-8-4-3-5-9-18)15-22-24(29)27(25(30)33-22)16-23(28)26-12-6-7-13-26/h3-5,8-11,14-15H,2,6-7,12-13,16-17H2,1H3/b22-15-. The zero-order chi connectivity index (χ0) is 23.2. The summed E-state index contributed by atoms with van der Waals surface area (Å²) in [6.07, 6.45) is 3.57. The molecule has 2 heterocycles. The van der Waals surface area contributed by atoms with Crippen LogP contribution in [0.4, 0.5) is 4.79 Å². The van der Waals surface area contributed by atoms with E-state index >= 15 is 0 Å². The van der Waals surface area contributed by atoms with Gasteiger partial charge in [0.15, 0.2) is 11.5 Å². The summed E-state index contributed by atoms with van der Waals surface area (Å²) < 4.78 is 11.7. The molecule has 4 rings (SSSR count). The van der Waals surface area contributed by atoms with E-state index in [1.807, 2.05) is 43.3 Å². The lowest BCUT2D eigenvalue weighted by Gasteiger charge is -2.18. The molecule has 0 aliphatic carbocycles. The number of amides is 3. The Labute approximate surface area is 197 Å². The topological polar surface area (TPSA) is 76.2 Å². The van der Waals surface area contributed by atoms with Crippen LogP contribution in [0.2, 0.25) is 0 Å². The number of rotatable bonds is 8. The van der Waals surface area contributed by atoms with Crippen molar-refractivity contribution in [2.75, 3.05) is 26.2 Å². The van der Waals surface area contributed by atoms with Crippen LogP contribution < -0.4 is 9.47 Å². The average Bonchev–Trinajstić information content (AvgIpc) is 3.45. The fraction of sp³-hybridized carbons (Fsp3) is 0.320. The first-order valence-corrected chi connectivity index (χ1v) is 11.8. The molecule has 0 radical (unpaired) electrons. The Hall–Kier alpha value is -3.26. The highest BCUT2D eigenvalue weighted by Gasteiger charge is 2.37. The second-order valence-electron chi connectivity index (χ2n) is 7.77. The molecular formula is C25H26N2O5S. The number of nitrogens with zero attached hydrogens (tertiary/aromatic N) is 2. The third kappa shape index (κ3) is 5.57. The molecule has 0 bridgehead atoms. The van der Waals surface area contributed by atoms with Gasteiger partial charge in [0, 0.05) is 13.1 Å². The molecule has 3 amide bonds. The van der Waals surface area contributed by atoms with Gasteiger partial charge >= 0.3 is 0 Å². The molecule has 8 heteroatoms. The van der Waals surface area contributed by atoms with E-state index in [1.54, 1.807) is 23.1 Å². The van der Waals surface area contributed by atoms with Gasteiger partial charge in [0.25, 0.3) is 11.1 Å². The van der Waals surface area contributed by atoms with E-state index in [2.05, 4.69) is 0 Å². The molecule has 2 aromatic rings. The summed E-state index contributed by atoms with van der Waals surface area (Å²) >= 11 is 0.848. The maximum atomic E-state index is 12.8. The molecule has 2 aliphatic heterocycles. The Balaban J connectivity index is 1.47. The molecule has 33 heavy (non-hydrogen) atoms. The van der Waals surface area contributed by atoms with Crippen LogP contribution in [0, 0.1) is 0 Å². The maximum absolute atomic E-state index is 12.8. The number of thioether (sulfide) groups is 1. The normalized spacial score (nSPS) is 17.2. The Kier molecular flexibility index (Phi) is 7.34. The van der Waals surface area contributed by atoms with Crippen molar-refractivity contribution in [2.45, 2.75) is 26.4 Å². The minimum atomic E-state index is -0.445. The second kappa shape index (κ2) is 10.6. The van der Waals surface area contributed by atoms with Crippen molar-refractivity contribution in [3.05, 3.63) is 64.6 Å². The van der Waals surface area contributed by atoms with Gasteiger partial charge in [0.2, 0.25) is 5.91 Å². The van der Waals surface area contributed by atoms with E-state index in [9.17, 15) is 14.4 Å². The maximum Gasteiger partial charge on any atom is 0.294 e. The number of hydrogen-bond donors (Lipinski definition) is 0. The fourth-order valence-corrected chi connectivity index (χ4v) is 4.57. The molecule has 0 saturated carbocycles. The highest BCUT2D eigenvalue weighted by Crippen LogP contribution is 2.35. The summed E-state index contributed by atoms with van der Waals surface area (Å²) in [4.78, 5) is 40.6. The Bertz CT molecular complexity index is 1060. The minimum Gasteiger partial charge on any atom is -0.490 e. The first kappa shape index (κ1) is 22.9. The highest BCUT2D eigenvalue weighted by atomic mass is 32.2. The smallest absolute Gasteiger partial charge is 0.294 e. The van der Waals surface area contributed by atoms with E-state index < -0.39 is 11.1 Å². The Morgan fingerprint density at radius 2 is 1.79 bits per heavy atom. The van der Waals surface area contributed by atoms with E-state index in [4.69, 9.17) is 9.47 Å². The molecule has 2 aliphatic rings. The van der Waals surface area contributed by atoms with Crippen LogP contribution in [-0.4, -0.2) is 53.1 Å². The van der Waals surface area contributed by atoms with Crippen molar-refractivity contribution in [2.24, 2.45) is 0 Å². The summed E-state index contributed by atoms with van der Waals surface area (Å²) in [6, 6.07) is 15.2. The molecule has 2 saturated heterocycles. The van der Waals surface area contributed by atoms with Gasteiger partial charge in [-0.2, -0.15) is 0 Å². The summed E-state index contributed by atoms with van der Waals surface area (Å²) in [7, 11) is 0. The molecule has 7 nitrogen and oxygen atoms in total. The van der Waals surface area contributed by atoms with Crippen LogP contribution in [-0.2, 0) is 16.2 Å². The SMILES string of the molecule is CCOc1cc(/C=C2\SC(=O)N(CC(=O)N3CCCC3)C2=O)ccc1OCc1ccccc1. The predicted molar refractivity (Wildman–Crippen MR) is 127 cm³/mol. The average molecular weight is 467 g/mol. The van der Waals surface area contributed by atoms with Crippen LogP contribution in [0.15, 0.2) is 53.4 Å². The van der Waals surface area contributed by atoms with Crippen LogP contribution >= 0.6 is 11.8 Å². The first-order chi connectivity index (χ1) is 16.0. The van der Waals surface area contributed by atoms with Crippen molar-refractivity contribution in [1.82, 2.24) is 9.80 Å². The lowest BCUT2D eigenvalue weighted by atomic mass is 10.1. The molecule has 0 unspecified atom stereocenters. The zero-order valence-electron chi connectivity index (χ0n) is 18.5. The molecule has 0 atom stereocenters. The van der Waals surface area contributed by atoms with Crippen molar-refractivity contribution in [1.29, 1.82) is 0 Å². The monoisotopic (exact) mass is 466 g/mol.